The summed E-state index contributed by atoms with van der Waals surface area (Å²) >= 11 is 3.43. The number of anilines is 1. The average molecular weight is 386 g/mol. The van der Waals surface area contributed by atoms with E-state index >= 15 is 0 Å². The summed E-state index contributed by atoms with van der Waals surface area (Å²) in [6.45, 7) is 9.25. The summed E-state index contributed by atoms with van der Waals surface area (Å²) in [7, 11) is 0. The summed E-state index contributed by atoms with van der Waals surface area (Å²) in [4.78, 5) is 20.5. The van der Waals surface area contributed by atoms with Crippen molar-refractivity contribution in [3.8, 4) is 10.6 Å². The molecule has 0 fully saturated rings. The zero-order chi connectivity index (χ0) is 18.3. The van der Waals surface area contributed by atoms with Crippen molar-refractivity contribution in [2.75, 3.05) is 18.4 Å². The van der Waals surface area contributed by atoms with E-state index in [2.05, 4.69) is 36.2 Å². The van der Waals surface area contributed by atoms with Gasteiger partial charge in [0.25, 0.3) is 0 Å². The van der Waals surface area contributed by atoms with Crippen molar-refractivity contribution in [3.63, 3.8) is 0 Å². The molecule has 3 aromatic rings. The fourth-order valence-electron chi connectivity index (χ4n) is 3.58. The number of amides is 1. The summed E-state index contributed by atoms with van der Waals surface area (Å²) in [5, 5.41) is 5.03. The van der Waals surface area contributed by atoms with Gasteiger partial charge in [0.1, 0.15) is 10.0 Å². The highest BCUT2D eigenvalue weighted by atomic mass is 32.1. The van der Waals surface area contributed by atoms with Crippen LogP contribution < -0.4 is 5.32 Å². The van der Waals surface area contributed by atoms with Gasteiger partial charge in [0, 0.05) is 37.0 Å². The summed E-state index contributed by atoms with van der Waals surface area (Å²) in [6, 6.07) is 8.23. The van der Waals surface area contributed by atoms with Crippen LogP contribution in [0, 0.1) is 5.92 Å². The Morgan fingerprint density at radius 2 is 2.12 bits per heavy atom. The lowest BCUT2D eigenvalue weighted by Crippen LogP contribution is -2.32. The van der Waals surface area contributed by atoms with E-state index in [-0.39, 0.29) is 5.91 Å². The number of aromatic nitrogens is 1. The Morgan fingerprint density at radius 1 is 1.31 bits per heavy atom. The van der Waals surface area contributed by atoms with Crippen LogP contribution in [0.15, 0.2) is 24.3 Å². The third-order valence-corrected chi connectivity index (χ3v) is 6.74. The van der Waals surface area contributed by atoms with Crippen molar-refractivity contribution in [1.82, 2.24) is 9.88 Å². The second-order valence-electron chi connectivity index (χ2n) is 7.25. The van der Waals surface area contributed by atoms with E-state index in [9.17, 15) is 4.79 Å². The van der Waals surface area contributed by atoms with Gasteiger partial charge in [-0.2, -0.15) is 0 Å². The smallest absolute Gasteiger partial charge is 0.221 e. The maximum atomic E-state index is 11.8. The highest BCUT2D eigenvalue weighted by Gasteiger charge is 2.27. The third-order valence-electron chi connectivity index (χ3n) is 4.56. The standard InChI is InChI=1S/C20H23N3OS2/c1-12(2)10-23-9-8-14-17(11-23)26-19(21-13(3)24)18(14)20-22-15-6-4-5-7-16(15)25-20/h4-7,12H,8-11H2,1-3H3,(H,21,24). The number of carbonyl (C=O) groups is 1. The van der Waals surface area contributed by atoms with Crippen molar-refractivity contribution in [2.24, 2.45) is 5.92 Å². The van der Waals surface area contributed by atoms with E-state index in [4.69, 9.17) is 4.98 Å². The molecule has 6 heteroatoms. The molecule has 0 atom stereocenters. The van der Waals surface area contributed by atoms with Crippen molar-refractivity contribution in [1.29, 1.82) is 0 Å². The van der Waals surface area contributed by atoms with Crippen LogP contribution in [0.1, 0.15) is 31.2 Å². The number of thiazole rings is 1. The maximum absolute atomic E-state index is 11.8. The fourth-order valence-corrected chi connectivity index (χ4v) is 6.03. The van der Waals surface area contributed by atoms with Gasteiger partial charge in [-0.3, -0.25) is 9.69 Å². The predicted octanol–water partition coefficient (Wildman–Crippen LogP) is 5.00. The molecule has 26 heavy (non-hydrogen) atoms. The number of hydrogen-bond donors (Lipinski definition) is 1. The van der Waals surface area contributed by atoms with Gasteiger partial charge in [-0.25, -0.2) is 4.98 Å². The summed E-state index contributed by atoms with van der Waals surface area (Å²) < 4.78 is 1.19. The number of carbonyl (C=O) groups excluding carboxylic acids is 1. The molecule has 0 unspecified atom stereocenters. The molecule has 2 aromatic heterocycles. The van der Waals surface area contributed by atoms with Gasteiger partial charge >= 0.3 is 0 Å². The van der Waals surface area contributed by atoms with Crippen molar-refractivity contribution in [3.05, 3.63) is 34.7 Å². The van der Waals surface area contributed by atoms with Crippen molar-refractivity contribution >= 4 is 43.8 Å². The van der Waals surface area contributed by atoms with E-state index in [1.165, 1.54) is 15.1 Å². The molecule has 4 rings (SSSR count). The minimum atomic E-state index is -0.0232. The van der Waals surface area contributed by atoms with E-state index in [1.807, 2.05) is 12.1 Å². The largest absolute Gasteiger partial charge is 0.317 e. The lowest BCUT2D eigenvalue weighted by atomic mass is 10.0. The first-order chi connectivity index (χ1) is 12.5. The Morgan fingerprint density at radius 3 is 2.85 bits per heavy atom. The lowest BCUT2D eigenvalue weighted by Gasteiger charge is -2.28. The van der Waals surface area contributed by atoms with E-state index in [0.29, 0.717) is 5.92 Å². The Kier molecular flexibility index (Phi) is 4.82. The van der Waals surface area contributed by atoms with Crippen molar-refractivity contribution in [2.45, 2.75) is 33.7 Å². The summed E-state index contributed by atoms with van der Waals surface area (Å²) in [5.74, 6) is 0.639. The fraction of sp³-hybridized carbons (Fsp3) is 0.400. The molecule has 0 aliphatic carbocycles. The summed E-state index contributed by atoms with van der Waals surface area (Å²) in [5.41, 5.74) is 3.54. The Hall–Kier alpha value is -1.76. The van der Waals surface area contributed by atoms with Crippen LogP contribution >= 0.6 is 22.7 Å². The topological polar surface area (TPSA) is 45.2 Å². The Bertz CT molecular complexity index is 924. The number of para-hydroxylation sites is 1. The van der Waals surface area contributed by atoms with Gasteiger partial charge in [0.05, 0.1) is 10.2 Å². The molecule has 1 aromatic carbocycles. The molecule has 0 spiro atoms. The highest BCUT2D eigenvalue weighted by molar-refractivity contribution is 7.22. The van der Waals surface area contributed by atoms with Gasteiger partial charge in [-0.05, 0) is 30.0 Å². The van der Waals surface area contributed by atoms with Crippen molar-refractivity contribution < 1.29 is 4.79 Å². The number of thiophene rings is 1. The molecule has 0 saturated carbocycles. The van der Waals surface area contributed by atoms with E-state index in [1.54, 1.807) is 29.6 Å². The number of nitrogens with zero attached hydrogens (tertiary/aromatic N) is 2. The van der Waals surface area contributed by atoms with Crippen LogP contribution in [0.5, 0.6) is 0 Å². The molecular weight excluding hydrogens is 362 g/mol. The zero-order valence-electron chi connectivity index (χ0n) is 15.3. The molecular formula is C20H23N3OS2. The van der Waals surface area contributed by atoms with Gasteiger partial charge in [-0.1, -0.05) is 26.0 Å². The van der Waals surface area contributed by atoms with Crippen LogP contribution in [0.3, 0.4) is 0 Å². The quantitative estimate of drug-likeness (QED) is 0.687. The second kappa shape index (κ2) is 7.10. The first-order valence-corrected chi connectivity index (χ1v) is 10.6. The monoisotopic (exact) mass is 385 g/mol. The minimum absolute atomic E-state index is 0.0232. The van der Waals surface area contributed by atoms with Gasteiger partial charge < -0.3 is 5.32 Å². The lowest BCUT2D eigenvalue weighted by molar-refractivity contribution is -0.114. The SMILES string of the molecule is CC(=O)Nc1sc2c(c1-c1nc3ccccc3s1)CCN(CC(C)C)C2. The van der Waals surface area contributed by atoms with Crippen LogP contribution in [-0.4, -0.2) is 28.9 Å². The Labute approximate surface area is 161 Å². The Balaban J connectivity index is 1.78. The predicted molar refractivity (Wildman–Crippen MR) is 111 cm³/mol. The molecule has 1 amide bonds. The zero-order valence-corrected chi connectivity index (χ0v) is 17.0. The number of fused-ring (bicyclic) bond motifs is 2. The highest BCUT2D eigenvalue weighted by Crippen LogP contribution is 2.45. The molecule has 0 radical (unpaired) electrons. The number of benzene rings is 1. The number of hydrogen-bond acceptors (Lipinski definition) is 5. The van der Waals surface area contributed by atoms with Gasteiger partial charge in [0.2, 0.25) is 5.91 Å². The van der Waals surface area contributed by atoms with Gasteiger partial charge in [0.15, 0.2) is 0 Å². The molecule has 1 N–H and O–H groups in total. The molecule has 1 aliphatic rings. The third kappa shape index (κ3) is 3.41. The molecule has 0 bridgehead atoms. The number of nitrogens with one attached hydrogen (secondary N) is 1. The summed E-state index contributed by atoms with van der Waals surface area (Å²) in [6.07, 6.45) is 1.02. The van der Waals surface area contributed by atoms with Crippen LogP contribution in [0.25, 0.3) is 20.8 Å². The van der Waals surface area contributed by atoms with E-state index in [0.717, 1.165) is 47.1 Å². The van der Waals surface area contributed by atoms with Crippen LogP contribution in [0.4, 0.5) is 5.00 Å². The van der Waals surface area contributed by atoms with Crippen LogP contribution in [-0.2, 0) is 17.8 Å². The molecule has 0 saturated heterocycles. The van der Waals surface area contributed by atoms with Gasteiger partial charge in [-0.15, -0.1) is 22.7 Å². The normalized spacial score (nSPS) is 14.8. The maximum Gasteiger partial charge on any atom is 0.221 e. The van der Waals surface area contributed by atoms with Crippen LogP contribution in [0.2, 0.25) is 0 Å². The second-order valence-corrected chi connectivity index (χ2v) is 9.39. The molecule has 4 nitrogen and oxygen atoms in total. The molecule has 3 heterocycles. The first kappa shape index (κ1) is 17.6. The number of rotatable bonds is 4. The van der Waals surface area contributed by atoms with E-state index < -0.39 is 0 Å². The minimum Gasteiger partial charge on any atom is -0.317 e. The molecule has 1 aliphatic heterocycles. The molecule has 136 valence electrons. The average Bonchev–Trinajstić information content (AvgIpc) is 3.13. The first-order valence-electron chi connectivity index (χ1n) is 9.01.